The third-order valence-electron chi connectivity index (χ3n) is 3.36. The van der Waals surface area contributed by atoms with Gasteiger partial charge in [-0.05, 0) is 30.2 Å². The molecule has 25 heavy (non-hydrogen) atoms. The molecule has 0 unspecified atom stereocenters. The highest BCUT2D eigenvalue weighted by molar-refractivity contribution is 5.87. The number of rotatable bonds is 7. The average Bonchev–Trinajstić information content (AvgIpc) is 2.60. The smallest absolute Gasteiger partial charge is 0.230 e. The average molecular weight is 338 g/mol. The molecule has 0 bridgehead atoms. The maximum absolute atomic E-state index is 9.46. The Morgan fingerprint density at radius 3 is 2.56 bits per heavy atom. The second kappa shape index (κ2) is 8.64. The molecule has 2 rings (SSSR count). The van der Waals surface area contributed by atoms with E-state index in [0.717, 1.165) is 24.2 Å². The van der Waals surface area contributed by atoms with Crippen LogP contribution < -0.4 is 15.4 Å². The van der Waals surface area contributed by atoms with Crippen LogP contribution in [0.25, 0.3) is 11.6 Å². The monoisotopic (exact) mass is 338 g/mol. The van der Waals surface area contributed by atoms with Gasteiger partial charge in [-0.15, -0.1) is 0 Å². The predicted octanol–water partition coefficient (Wildman–Crippen LogP) is 2.76. The van der Waals surface area contributed by atoms with E-state index >= 15 is 0 Å². The van der Waals surface area contributed by atoms with E-state index in [1.165, 1.54) is 0 Å². The summed E-state index contributed by atoms with van der Waals surface area (Å²) in [4.78, 5) is 14.1. The predicted molar refractivity (Wildman–Crippen MR) is 98.9 cm³/mol. The summed E-state index contributed by atoms with van der Waals surface area (Å²) in [6.07, 6.45) is 3.83. The number of nitriles is 1. The van der Waals surface area contributed by atoms with Gasteiger partial charge in [0.25, 0.3) is 0 Å². The normalized spacial score (nSPS) is 11.0. The molecule has 2 aromatic rings. The summed E-state index contributed by atoms with van der Waals surface area (Å²) < 4.78 is 5.63. The van der Waals surface area contributed by atoms with Crippen molar-refractivity contribution in [1.29, 1.82) is 5.26 Å². The van der Waals surface area contributed by atoms with E-state index in [2.05, 4.69) is 27.9 Å². The Labute approximate surface area is 147 Å². The number of hydrogen-bond donors (Lipinski definition) is 1. The van der Waals surface area contributed by atoms with Gasteiger partial charge in [0.15, 0.2) is 5.82 Å². The number of anilines is 2. The van der Waals surface area contributed by atoms with E-state index < -0.39 is 0 Å². The third kappa shape index (κ3) is 5.18. The molecule has 0 amide bonds. The quantitative estimate of drug-likeness (QED) is 0.612. The number of benzene rings is 1. The molecule has 0 spiro atoms. The van der Waals surface area contributed by atoms with Crippen molar-refractivity contribution in [3.63, 3.8) is 0 Å². The van der Waals surface area contributed by atoms with Crippen LogP contribution in [0.2, 0.25) is 0 Å². The van der Waals surface area contributed by atoms with Crippen LogP contribution in [0, 0.1) is 11.3 Å². The van der Waals surface area contributed by atoms with Gasteiger partial charge in [0.2, 0.25) is 11.9 Å². The highest BCUT2D eigenvalue weighted by Crippen LogP contribution is 2.19. The van der Waals surface area contributed by atoms with E-state index in [1.807, 2.05) is 24.3 Å². The summed E-state index contributed by atoms with van der Waals surface area (Å²) in [5.41, 5.74) is 6.89. The number of ether oxygens (including phenoxy) is 1. The fourth-order valence-electron chi connectivity index (χ4n) is 2.01. The van der Waals surface area contributed by atoms with E-state index in [1.54, 1.807) is 25.1 Å². The van der Waals surface area contributed by atoms with Crippen LogP contribution >= 0.6 is 0 Å². The Hall–Kier alpha value is -3.14. The molecule has 0 atom stereocenters. The number of nitrogens with zero attached hydrogens (tertiary/aromatic N) is 5. The lowest BCUT2D eigenvalue weighted by Crippen LogP contribution is -2.15. The van der Waals surface area contributed by atoms with Gasteiger partial charge in [0.1, 0.15) is 11.8 Å². The SMILES string of the molecule is CCCCOc1ccc(/C=C(\C#N)c2nc(N)nc(N(C)C)n2)cc1. The van der Waals surface area contributed by atoms with Crippen molar-refractivity contribution in [3.05, 3.63) is 35.7 Å². The van der Waals surface area contributed by atoms with Crippen LogP contribution in [0.1, 0.15) is 31.2 Å². The van der Waals surface area contributed by atoms with Crippen molar-refractivity contribution in [3.8, 4) is 11.8 Å². The summed E-state index contributed by atoms with van der Waals surface area (Å²) in [7, 11) is 3.59. The lowest BCUT2D eigenvalue weighted by molar-refractivity contribution is 0.309. The first-order chi connectivity index (χ1) is 12.0. The fraction of sp³-hybridized carbons (Fsp3) is 0.333. The third-order valence-corrected chi connectivity index (χ3v) is 3.36. The Morgan fingerprint density at radius 1 is 1.24 bits per heavy atom. The maximum Gasteiger partial charge on any atom is 0.230 e. The van der Waals surface area contributed by atoms with Crippen LogP contribution in [0.4, 0.5) is 11.9 Å². The first kappa shape index (κ1) is 18.2. The van der Waals surface area contributed by atoms with E-state index in [4.69, 9.17) is 10.5 Å². The first-order valence-corrected chi connectivity index (χ1v) is 8.07. The molecule has 0 saturated carbocycles. The van der Waals surface area contributed by atoms with Crippen molar-refractivity contribution in [1.82, 2.24) is 15.0 Å². The number of aromatic nitrogens is 3. The van der Waals surface area contributed by atoms with Gasteiger partial charge in [-0.3, -0.25) is 0 Å². The molecule has 7 nitrogen and oxygen atoms in total. The Bertz CT molecular complexity index is 777. The molecule has 0 aliphatic heterocycles. The molecule has 130 valence electrons. The molecule has 1 aromatic heterocycles. The zero-order valence-electron chi connectivity index (χ0n) is 14.7. The molecule has 7 heteroatoms. The minimum absolute atomic E-state index is 0.0783. The van der Waals surface area contributed by atoms with Crippen LogP contribution in [-0.2, 0) is 0 Å². The molecule has 2 N–H and O–H groups in total. The number of allylic oxidation sites excluding steroid dienone is 1. The van der Waals surface area contributed by atoms with Gasteiger partial charge in [0, 0.05) is 14.1 Å². The molecular formula is C18H22N6O. The zero-order valence-corrected chi connectivity index (χ0v) is 14.7. The lowest BCUT2D eigenvalue weighted by Gasteiger charge is -2.11. The number of hydrogen-bond acceptors (Lipinski definition) is 7. The van der Waals surface area contributed by atoms with Gasteiger partial charge in [-0.25, -0.2) is 0 Å². The van der Waals surface area contributed by atoms with Gasteiger partial charge >= 0.3 is 0 Å². The van der Waals surface area contributed by atoms with E-state index in [-0.39, 0.29) is 11.8 Å². The molecule has 1 aromatic carbocycles. The summed E-state index contributed by atoms with van der Waals surface area (Å²) >= 11 is 0. The number of nitrogens with two attached hydrogens (primary N) is 1. The van der Waals surface area contributed by atoms with Gasteiger partial charge in [-0.1, -0.05) is 25.5 Å². The molecule has 0 radical (unpaired) electrons. The summed E-state index contributed by atoms with van der Waals surface area (Å²) in [5, 5.41) is 9.46. The summed E-state index contributed by atoms with van der Waals surface area (Å²) in [6.45, 7) is 2.82. The van der Waals surface area contributed by atoms with Crippen LogP contribution in [0.15, 0.2) is 24.3 Å². The van der Waals surface area contributed by atoms with Crippen molar-refractivity contribution in [2.75, 3.05) is 31.3 Å². The fourth-order valence-corrected chi connectivity index (χ4v) is 2.01. The zero-order chi connectivity index (χ0) is 18.2. The van der Waals surface area contributed by atoms with Crippen molar-refractivity contribution in [2.24, 2.45) is 0 Å². The largest absolute Gasteiger partial charge is 0.494 e. The summed E-state index contributed by atoms with van der Waals surface area (Å²) in [6, 6.07) is 9.65. The summed E-state index contributed by atoms with van der Waals surface area (Å²) in [5.74, 6) is 1.54. The van der Waals surface area contributed by atoms with Crippen molar-refractivity contribution in [2.45, 2.75) is 19.8 Å². The topological polar surface area (TPSA) is 101 Å². The van der Waals surface area contributed by atoms with E-state index in [0.29, 0.717) is 18.1 Å². The first-order valence-electron chi connectivity index (χ1n) is 8.07. The molecule has 0 aliphatic rings. The van der Waals surface area contributed by atoms with Gasteiger partial charge < -0.3 is 15.4 Å². The van der Waals surface area contributed by atoms with Crippen LogP contribution in [-0.4, -0.2) is 35.7 Å². The number of unbranched alkanes of at least 4 members (excludes halogenated alkanes) is 1. The van der Waals surface area contributed by atoms with Crippen molar-refractivity contribution < 1.29 is 4.74 Å². The van der Waals surface area contributed by atoms with Crippen LogP contribution in [0.5, 0.6) is 5.75 Å². The number of nitrogen functional groups attached to an aromatic ring is 1. The lowest BCUT2D eigenvalue weighted by atomic mass is 10.1. The Morgan fingerprint density at radius 2 is 1.96 bits per heavy atom. The van der Waals surface area contributed by atoms with E-state index in [9.17, 15) is 5.26 Å². The highest BCUT2D eigenvalue weighted by atomic mass is 16.5. The van der Waals surface area contributed by atoms with Crippen LogP contribution in [0.3, 0.4) is 0 Å². The molecule has 0 fully saturated rings. The second-order valence-electron chi connectivity index (χ2n) is 5.65. The maximum atomic E-state index is 9.46. The molecule has 0 saturated heterocycles. The Balaban J connectivity index is 2.24. The minimum Gasteiger partial charge on any atom is -0.494 e. The van der Waals surface area contributed by atoms with Crippen molar-refractivity contribution >= 4 is 23.5 Å². The van der Waals surface area contributed by atoms with Gasteiger partial charge in [-0.2, -0.15) is 20.2 Å². The molecule has 1 heterocycles. The standard InChI is InChI=1S/C18H22N6O/c1-4-5-10-25-15-8-6-13(7-9-15)11-14(12-19)16-21-17(20)23-18(22-16)24(2)3/h6-9,11H,4-5,10H2,1-3H3,(H2,20,21,22,23)/b14-11+. The van der Waals surface area contributed by atoms with Gasteiger partial charge in [0.05, 0.1) is 12.2 Å². The molecule has 0 aliphatic carbocycles. The second-order valence-corrected chi connectivity index (χ2v) is 5.65. The highest BCUT2D eigenvalue weighted by Gasteiger charge is 2.10. The Kier molecular flexibility index (Phi) is 6.29. The molecular weight excluding hydrogens is 316 g/mol. The minimum atomic E-state index is 0.0783.